The lowest BCUT2D eigenvalue weighted by Crippen LogP contribution is -2.30. The van der Waals surface area contributed by atoms with Crippen LogP contribution in [0, 0.1) is 11.3 Å². The van der Waals surface area contributed by atoms with E-state index in [1.165, 1.54) is 32.2 Å². The van der Waals surface area contributed by atoms with Gasteiger partial charge in [0, 0.05) is 13.2 Å². The van der Waals surface area contributed by atoms with Gasteiger partial charge < -0.3 is 15.4 Å². The summed E-state index contributed by atoms with van der Waals surface area (Å²) in [5, 5.41) is 0. The minimum absolute atomic E-state index is 0.381. The molecule has 0 radical (unpaired) electrons. The van der Waals surface area contributed by atoms with Crippen LogP contribution in [0.3, 0.4) is 0 Å². The predicted octanol–water partition coefficient (Wildman–Crippen LogP) is 2.89. The molecule has 0 aromatic carbocycles. The molecule has 0 aliphatic carbocycles. The van der Waals surface area contributed by atoms with Gasteiger partial charge in [0.15, 0.2) is 0 Å². The molecule has 0 saturated carbocycles. The highest BCUT2D eigenvalue weighted by Gasteiger charge is 2.23. The zero-order valence-electron chi connectivity index (χ0n) is 13.5. The summed E-state index contributed by atoms with van der Waals surface area (Å²) in [7, 11) is 2.22. The molecule has 19 heavy (non-hydrogen) atoms. The molecule has 2 unspecified atom stereocenters. The summed E-state index contributed by atoms with van der Waals surface area (Å²) in [5.41, 5.74) is 6.12. The van der Waals surface area contributed by atoms with Gasteiger partial charge in [-0.05, 0) is 63.6 Å². The molecule has 1 rings (SSSR count). The van der Waals surface area contributed by atoms with E-state index >= 15 is 0 Å². The van der Waals surface area contributed by atoms with Gasteiger partial charge in [0.2, 0.25) is 0 Å². The maximum Gasteiger partial charge on any atom is 0.0702 e. The highest BCUT2D eigenvalue weighted by atomic mass is 16.5. The fraction of sp³-hybridized carbons (Fsp3) is 1.00. The number of ether oxygens (including phenoxy) is 1. The van der Waals surface area contributed by atoms with Gasteiger partial charge >= 0.3 is 0 Å². The molecule has 114 valence electrons. The highest BCUT2D eigenvalue weighted by molar-refractivity contribution is 4.75. The number of hydrogen-bond acceptors (Lipinski definition) is 3. The lowest BCUT2D eigenvalue weighted by molar-refractivity contribution is 0.0795. The Kier molecular flexibility index (Phi) is 7.33. The summed E-state index contributed by atoms with van der Waals surface area (Å²) in [5.74, 6) is 0.744. The van der Waals surface area contributed by atoms with Crippen molar-refractivity contribution in [3.05, 3.63) is 0 Å². The molecule has 2 N–H and O–H groups in total. The Balaban J connectivity index is 2.19. The smallest absolute Gasteiger partial charge is 0.0702 e. The van der Waals surface area contributed by atoms with Gasteiger partial charge in [0.05, 0.1) is 6.10 Å². The van der Waals surface area contributed by atoms with Crippen LogP contribution in [-0.4, -0.2) is 44.3 Å². The van der Waals surface area contributed by atoms with Crippen molar-refractivity contribution < 1.29 is 4.74 Å². The van der Waals surface area contributed by atoms with E-state index in [1.54, 1.807) is 0 Å². The normalized spacial score (nSPS) is 22.1. The molecule has 3 nitrogen and oxygen atoms in total. The minimum Gasteiger partial charge on any atom is -0.377 e. The first-order valence-corrected chi connectivity index (χ1v) is 7.93. The summed E-state index contributed by atoms with van der Waals surface area (Å²) in [6.45, 7) is 11.1. The lowest BCUT2D eigenvalue weighted by atomic mass is 9.76. The van der Waals surface area contributed by atoms with Crippen molar-refractivity contribution in [3.63, 3.8) is 0 Å². The summed E-state index contributed by atoms with van der Waals surface area (Å²) in [4.78, 5) is 2.43. The van der Waals surface area contributed by atoms with Crippen molar-refractivity contribution in [2.24, 2.45) is 17.1 Å². The van der Waals surface area contributed by atoms with Crippen molar-refractivity contribution in [1.29, 1.82) is 0 Å². The second-order valence-corrected chi connectivity index (χ2v) is 7.18. The van der Waals surface area contributed by atoms with Crippen molar-refractivity contribution in [1.82, 2.24) is 4.90 Å². The third-order valence-corrected chi connectivity index (χ3v) is 4.37. The highest BCUT2D eigenvalue weighted by Crippen LogP contribution is 2.32. The lowest BCUT2D eigenvalue weighted by Gasteiger charge is -2.31. The van der Waals surface area contributed by atoms with E-state index in [-0.39, 0.29) is 0 Å². The van der Waals surface area contributed by atoms with Crippen LogP contribution in [0.1, 0.15) is 52.9 Å². The average Bonchev–Trinajstić information content (AvgIpc) is 2.79. The molecule has 0 bridgehead atoms. The van der Waals surface area contributed by atoms with Gasteiger partial charge in [-0.15, -0.1) is 0 Å². The van der Waals surface area contributed by atoms with Gasteiger partial charge in [0.1, 0.15) is 0 Å². The molecule has 1 aliphatic rings. The molecule has 0 amide bonds. The molecule has 1 saturated heterocycles. The maximum absolute atomic E-state index is 5.74. The van der Waals surface area contributed by atoms with E-state index in [9.17, 15) is 0 Å². The summed E-state index contributed by atoms with van der Waals surface area (Å²) < 4.78 is 5.69. The van der Waals surface area contributed by atoms with E-state index in [4.69, 9.17) is 10.5 Å². The number of likely N-dealkylation sites (N-methyl/N-ethyl adjacent to an activating group) is 1. The quantitative estimate of drug-likeness (QED) is 0.737. The van der Waals surface area contributed by atoms with Gasteiger partial charge in [-0.2, -0.15) is 0 Å². The Morgan fingerprint density at radius 1 is 1.32 bits per heavy atom. The first-order valence-electron chi connectivity index (χ1n) is 7.93. The number of nitrogens with two attached hydrogens (primary N) is 1. The van der Waals surface area contributed by atoms with Gasteiger partial charge in [-0.1, -0.05) is 20.8 Å². The largest absolute Gasteiger partial charge is 0.377 e. The van der Waals surface area contributed by atoms with Crippen LogP contribution in [0.25, 0.3) is 0 Å². The summed E-state index contributed by atoms with van der Waals surface area (Å²) >= 11 is 0. The van der Waals surface area contributed by atoms with Crippen LogP contribution >= 0.6 is 0 Å². The second-order valence-electron chi connectivity index (χ2n) is 7.18. The van der Waals surface area contributed by atoms with E-state index in [0.29, 0.717) is 11.5 Å². The SMILES string of the molecule is CN(CCCC(CCN)C(C)(C)C)CC1CCCO1. The third kappa shape index (κ3) is 6.73. The Morgan fingerprint density at radius 3 is 2.58 bits per heavy atom. The number of rotatable bonds is 8. The van der Waals surface area contributed by atoms with E-state index in [0.717, 1.165) is 32.0 Å². The summed E-state index contributed by atoms with van der Waals surface area (Å²) in [6, 6.07) is 0. The van der Waals surface area contributed by atoms with Crippen LogP contribution in [-0.2, 0) is 4.74 Å². The molecule has 1 aliphatic heterocycles. The topological polar surface area (TPSA) is 38.5 Å². The molecule has 0 aromatic rings. The van der Waals surface area contributed by atoms with Gasteiger partial charge in [0.25, 0.3) is 0 Å². The first kappa shape index (κ1) is 16.9. The molecule has 2 atom stereocenters. The molecule has 0 spiro atoms. The Labute approximate surface area is 119 Å². The zero-order chi connectivity index (χ0) is 14.3. The molecular formula is C16H34N2O. The van der Waals surface area contributed by atoms with Crippen molar-refractivity contribution >= 4 is 0 Å². The first-order chi connectivity index (χ1) is 8.93. The Hall–Kier alpha value is -0.120. The third-order valence-electron chi connectivity index (χ3n) is 4.37. The second kappa shape index (κ2) is 8.23. The number of hydrogen-bond donors (Lipinski definition) is 1. The molecule has 1 fully saturated rings. The van der Waals surface area contributed by atoms with Crippen molar-refractivity contribution in [3.8, 4) is 0 Å². The van der Waals surface area contributed by atoms with E-state index in [2.05, 4.69) is 32.7 Å². The van der Waals surface area contributed by atoms with Crippen LogP contribution in [0.5, 0.6) is 0 Å². The fourth-order valence-corrected chi connectivity index (χ4v) is 3.05. The fourth-order valence-electron chi connectivity index (χ4n) is 3.05. The Bertz CT molecular complexity index is 231. The van der Waals surface area contributed by atoms with Gasteiger partial charge in [-0.25, -0.2) is 0 Å². The van der Waals surface area contributed by atoms with Crippen LogP contribution < -0.4 is 5.73 Å². The zero-order valence-corrected chi connectivity index (χ0v) is 13.5. The van der Waals surface area contributed by atoms with Crippen LogP contribution in [0.15, 0.2) is 0 Å². The van der Waals surface area contributed by atoms with Crippen LogP contribution in [0.4, 0.5) is 0 Å². The van der Waals surface area contributed by atoms with E-state index in [1.807, 2.05) is 0 Å². The van der Waals surface area contributed by atoms with Crippen molar-refractivity contribution in [2.45, 2.75) is 59.0 Å². The molecular weight excluding hydrogens is 236 g/mol. The molecule has 3 heteroatoms. The molecule has 0 aromatic heterocycles. The summed E-state index contributed by atoms with van der Waals surface area (Å²) in [6.07, 6.45) is 6.66. The minimum atomic E-state index is 0.381. The average molecular weight is 270 g/mol. The predicted molar refractivity (Wildman–Crippen MR) is 82.3 cm³/mol. The monoisotopic (exact) mass is 270 g/mol. The molecule has 1 heterocycles. The van der Waals surface area contributed by atoms with Crippen molar-refractivity contribution in [2.75, 3.05) is 33.3 Å². The van der Waals surface area contributed by atoms with Crippen LogP contribution in [0.2, 0.25) is 0 Å². The van der Waals surface area contributed by atoms with Gasteiger partial charge in [-0.3, -0.25) is 0 Å². The van der Waals surface area contributed by atoms with E-state index < -0.39 is 0 Å². The maximum atomic E-state index is 5.74. The number of nitrogens with zero attached hydrogens (tertiary/aromatic N) is 1. The standard InChI is InChI=1S/C16H34N2O/c1-16(2,3)14(9-10-17)7-5-11-18(4)13-15-8-6-12-19-15/h14-15H,5-13,17H2,1-4H3. The Morgan fingerprint density at radius 2 is 2.05 bits per heavy atom.